The molecule has 2 amide bonds. The van der Waals surface area contributed by atoms with Crippen LogP contribution in [-0.4, -0.2) is 35.6 Å². The number of rotatable bonds is 5. The Bertz CT molecular complexity index is 540. The highest BCUT2D eigenvalue weighted by molar-refractivity contribution is 8.03. The molecular weight excluding hydrogens is 272 g/mol. The van der Waals surface area contributed by atoms with Crippen molar-refractivity contribution in [3.8, 4) is 0 Å². The van der Waals surface area contributed by atoms with Crippen molar-refractivity contribution in [1.29, 1.82) is 0 Å². The second-order valence-electron chi connectivity index (χ2n) is 4.25. The Kier molecular flexibility index (Phi) is 5.01. The fourth-order valence-corrected chi connectivity index (χ4v) is 2.66. The van der Waals surface area contributed by atoms with Crippen LogP contribution in [-0.2, 0) is 9.59 Å². The largest absolute Gasteiger partial charge is 0.351 e. The zero-order chi connectivity index (χ0) is 14.4. The van der Waals surface area contributed by atoms with Crippen LogP contribution in [0.4, 0.5) is 0 Å². The van der Waals surface area contributed by atoms with Gasteiger partial charge in [-0.1, -0.05) is 36.4 Å². The van der Waals surface area contributed by atoms with Crippen molar-refractivity contribution in [2.24, 2.45) is 0 Å². The SMILES string of the molecule is C=CCNC(=O)CN1C(=O)CSC=C1c1ccccc1. The molecule has 0 spiro atoms. The molecule has 0 bridgehead atoms. The van der Waals surface area contributed by atoms with Crippen LogP contribution >= 0.6 is 11.8 Å². The van der Waals surface area contributed by atoms with E-state index in [1.165, 1.54) is 16.7 Å². The summed E-state index contributed by atoms with van der Waals surface area (Å²) in [4.78, 5) is 25.4. The smallest absolute Gasteiger partial charge is 0.240 e. The van der Waals surface area contributed by atoms with Gasteiger partial charge in [-0.15, -0.1) is 18.3 Å². The molecule has 1 aliphatic rings. The van der Waals surface area contributed by atoms with Crippen molar-refractivity contribution in [2.75, 3.05) is 18.8 Å². The first-order chi connectivity index (χ1) is 9.72. The Hall–Kier alpha value is -2.01. The number of hydrogen-bond acceptors (Lipinski definition) is 3. The van der Waals surface area contributed by atoms with Gasteiger partial charge in [0.2, 0.25) is 11.8 Å². The lowest BCUT2D eigenvalue weighted by Crippen LogP contribution is -2.41. The molecule has 1 aromatic rings. The summed E-state index contributed by atoms with van der Waals surface area (Å²) in [7, 11) is 0. The third kappa shape index (κ3) is 3.51. The topological polar surface area (TPSA) is 49.4 Å². The number of amides is 2. The minimum Gasteiger partial charge on any atom is -0.351 e. The molecule has 0 aromatic heterocycles. The van der Waals surface area contributed by atoms with Gasteiger partial charge < -0.3 is 10.2 Å². The van der Waals surface area contributed by atoms with Crippen molar-refractivity contribution in [3.63, 3.8) is 0 Å². The van der Waals surface area contributed by atoms with Crippen LogP contribution in [0.1, 0.15) is 5.56 Å². The summed E-state index contributed by atoms with van der Waals surface area (Å²) in [6, 6.07) is 9.61. The Balaban J connectivity index is 2.16. The maximum absolute atomic E-state index is 12.1. The van der Waals surface area contributed by atoms with E-state index in [2.05, 4.69) is 11.9 Å². The minimum absolute atomic E-state index is 0.0357. The molecule has 5 heteroatoms. The van der Waals surface area contributed by atoms with Crippen LogP contribution in [0.2, 0.25) is 0 Å². The fraction of sp³-hybridized carbons (Fsp3) is 0.200. The first-order valence-corrected chi connectivity index (χ1v) is 7.32. The maximum Gasteiger partial charge on any atom is 0.240 e. The van der Waals surface area contributed by atoms with E-state index in [1.807, 2.05) is 35.7 Å². The van der Waals surface area contributed by atoms with Crippen LogP contribution in [0, 0.1) is 0 Å². The van der Waals surface area contributed by atoms with Gasteiger partial charge in [0.05, 0.1) is 11.4 Å². The van der Waals surface area contributed by atoms with Crippen molar-refractivity contribution >= 4 is 29.3 Å². The number of benzene rings is 1. The predicted octanol–water partition coefficient (Wildman–Crippen LogP) is 1.86. The molecule has 0 unspecified atom stereocenters. The average Bonchev–Trinajstić information content (AvgIpc) is 2.48. The molecule has 1 N–H and O–H groups in total. The van der Waals surface area contributed by atoms with Crippen molar-refractivity contribution in [2.45, 2.75) is 0 Å². The molecule has 20 heavy (non-hydrogen) atoms. The summed E-state index contributed by atoms with van der Waals surface area (Å²) in [5, 5.41) is 4.62. The van der Waals surface area contributed by atoms with Gasteiger partial charge in [0.15, 0.2) is 0 Å². The molecule has 4 nitrogen and oxygen atoms in total. The Labute approximate surface area is 122 Å². The van der Waals surface area contributed by atoms with Crippen LogP contribution < -0.4 is 5.32 Å². The zero-order valence-electron chi connectivity index (χ0n) is 11.0. The lowest BCUT2D eigenvalue weighted by molar-refractivity contribution is -0.130. The molecule has 0 saturated heterocycles. The van der Waals surface area contributed by atoms with E-state index in [4.69, 9.17) is 0 Å². The fourth-order valence-electron chi connectivity index (χ4n) is 1.86. The van der Waals surface area contributed by atoms with E-state index in [-0.39, 0.29) is 18.4 Å². The summed E-state index contributed by atoms with van der Waals surface area (Å²) in [5.41, 5.74) is 1.71. The Morgan fingerprint density at radius 3 is 2.85 bits per heavy atom. The maximum atomic E-state index is 12.1. The van der Waals surface area contributed by atoms with Gasteiger partial charge in [-0.25, -0.2) is 0 Å². The van der Waals surface area contributed by atoms with Gasteiger partial charge in [-0.3, -0.25) is 9.59 Å². The molecule has 0 radical (unpaired) electrons. The lowest BCUT2D eigenvalue weighted by atomic mass is 10.1. The number of nitrogens with one attached hydrogen (secondary N) is 1. The third-order valence-electron chi connectivity index (χ3n) is 2.81. The highest BCUT2D eigenvalue weighted by Gasteiger charge is 2.25. The standard InChI is InChI=1S/C15H16N2O2S/c1-2-8-16-14(18)9-17-13(10-20-11-15(17)19)12-6-4-3-5-7-12/h2-7,10H,1,8-9,11H2,(H,16,18). The van der Waals surface area contributed by atoms with E-state index in [0.717, 1.165) is 11.3 Å². The van der Waals surface area contributed by atoms with E-state index in [1.54, 1.807) is 6.08 Å². The lowest BCUT2D eigenvalue weighted by Gasteiger charge is -2.28. The van der Waals surface area contributed by atoms with Crippen LogP contribution in [0.3, 0.4) is 0 Å². The first-order valence-electron chi connectivity index (χ1n) is 6.27. The molecule has 0 atom stereocenters. The second-order valence-corrected chi connectivity index (χ2v) is 5.11. The predicted molar refractivity (Wildman–Crippen MR) is 81.8 cm³/mol. The van der Waals surface area contributed by atoms with Gasteiger partial charge in [-0.2, -0.15) is 0 Å². The molecule has 104 valence electrons. The zero-order valence-corrected chi connectivity index (χ0v) is 11.9. The molecule has 2 rings (SSSR count). The van der Waals surface area contributed by atoms with E-state index < -0.39 is 0 Å². The minimum atomic E-state index is -0.188. The average molecular weight is 288 g/mol. The molecule has 0 fully saturated rings. The monoisotopic (exact) mass is 288 g/mol. The quantitative estimate of drug-likeness (QED) is 0.841. The number of nitrogens with zero attached hydrogens (tertiary/aromatic N) is 1. The molecular formula is C15H16N2O2S. The van der Waals surface area contributed by atoms with Crippen LogP contribution in [0.5, 0.6) is 0 Å². The van der Waals surface area contributed by atoms with Gasteiger partial charge in [0.1, 0.15) is 6.54 Å². The molecule has 1 aromatic carbocycles. The summed E-state index contributed by atoms with van der Waals surface area (Å²) < 4.78 is 0. The van der Waals surface area contributed by atoms with Crippen LogP contribution in [0.25, 0.3) is 5.70 Å². The highest BCUT2D eigenvalue weighted by Crippen LogP contribution is 2.27. The van der Waals surface area contributed by atoms with Crippen LogP contribution in [0.15, 0.2) is 48.4 Å². The number of carbonyl (C=O) groups is 2. The molecule has 1 aliphatic heterocycles. The molecule has 0 aliphatic carbocycles. The second kappa shape index (κ2) is 6.96. The Morgan fingerprint density at radius 2 is 2.15 bits per heavy atom. The highest BCUT2D eigenvalue weighted by atomic mass is 32.2. The van der Waals surface area contributed by atoms with Crippen molar-refractivity contribution in [3.05, 3.63) is 54.0 Å². The summed E-state index contributed by atoms with van der Waals surface area (Å²) in [6.07, 6.45) is 1.61. The van der Waals surface area contributed by atoms with Gasteiger partial charge in [0.25, 0.3) is 0 Å². The normalized spacial score (nSPS) is 14.7. The number of carbonyl (C=O) groups excluding carboxylic acids is 2. The van der Waals surface area contributed by atoms with Crippen molar-refractivity contribution in [1.82, 2.24) is 10.2 Å². The third-order valence-corrected chi connectivity index (χ3v) is 3.61. The van der Waals surface area contributed by atoms with Gasteiger partial charge in [0, 0.05) is 6.54 Å². The van der Waals surface area contributed by atoms with Crippen molar-refractivity contribution < 1.29 is 9.59 Å². The van der Waals surface area contributed by atoms with Gasteiger partial charge in [-0.05, 0) is 11.0 Å². The van der Waals surface area contributed by atoms with E-state index in [0.29, 0.717) is 12.3 Å². The van der Waals surface area contributed by atoms with E-state index in [9.17, 15) is 9.59 Å². The molecule has 0 saturated carbocycles. The summed E-state index contributed by atoms with van der Waals surface area (Å²) in [6.45, 7) is 3.99. The first kappa shape index (κ1) is 14.4. The van der Waals surface area contributed by atoms with Gasteiger partial charge >= 0.3 is 0 Å². The number of hydrogen-bond donors (Lipinski definition) is 1. The summed E-state index contributed by atoms with van der Waals surface area (Å²) in [5.74, 6) is 0.127. The van der Waals surface area contributed by atoms with E-state index >= 15 is 0 Å². The Morgan fingerprint density at radius 1 is 1.40 bits per heavy atom. The molecule has 1 heterocycles. The summed E-state index contributed by atoms with van der Waals surface area (Å²) >= 11 is 1.45. The number of thioether (sulfide) groups is 1.